The van der Waals surface area contributed by atoms with Gasteiger partial charge in [0, 0.05) is 12.7 Å². The third kappa shape index (κ3) is 2.28. The summed E-state index contributed by atoms with van der Waals surface area (Å²) in [5, 5.41) is 3.22. The van der Waals surface area contributed by atoms with E-state index in [0.29, 0.717) is 12.5 Å². The third-order valence-corrected chi connectivity index (χ3v) is 3.20. The van der Waals surface area contributed by atoms with Crippen molar-refractivity contribution in [3.8, 4) is 0 Å². The van der Waals surface area contributed by atoms with Crippen molar-refractivity contribution in [2.24, 2.45) is 10.9 Å². The number of hydrogen-bond donors (Lipinski definition) is 1. The van der Waals surface area contributed by atoms with E-state index in [4.69, 9.17) is 4.74 Å². The van der Waals surface area contributed by atoms with Gasteiger partial charge in [0.1, 0.15) is 6.61 Å². The second kappa shape index (κ2) is 4.78. The molecule has 0 aromatic heterocycles. The molecule has 1 aliphatic rings. The number of para-hydroxylation sites is 1. The summed E-state index contributed by atoms with van der Waals surface area (Å²) in [6.45, 7) is 7.14. The molecule has 1 N–H and O–H groups in total. The van der Waals surface area contributed by atoms with E-state index >= 15 is 0 Å². The molecule has 1 atom stereocenters. The van der Waals surface area contributed by atoms with Crippen molar-refractivity contribution >= 4 is 11.6 Å². The van der Waals surface area contributed by atoms with E-state index < -0.39 is 0 Å². The highest BCUT2D eigenvalue weighted by Gasteiger charge is 2.24. The van der Waals surface area contributed by atoms with Crippen molar-refractivity contribution in [2.75, 3.05) is 19.0 Å². The molecule has 0 saturated carbocycles. The van der Waals surface area contributed by atoms with Crippen molar-refractivity contribution < 1.29 is 4.74 Å². The van der Waals surface area contributed by atoms with Gasteiger partial charge in [0.25, 0.3) is 0 Å². The van der Waals surface area contributed by atoms with Crippen LogP contribution >= 0.6 is 0 Å². The van der Waals surface area contributed by atoms with E-state index in [1.165, 1.54) is 5.56 Å². The van der Waals surface area contributed by atoms with Crippen molar-refractivity contribution in [3.63, 3.8) is 0 Å². The van der Waals surface area contributed by atoms with Crippen molar-refractivity contribution in [2.45, 2.75) is 26.8 Å². The molecule has 3 heteroatoms. The molecular weight excluding hydrogens is 212 g/mol. The monoisotopic (exact) mass is 232 g/mol. The summed E-state index contributed by atoms with van der Waals surface area (Å²) in [5.41, 5.74) is 3.38. The normalized spacial score (nSPS) is 19.1. The van der Waals surface area contributed by atoms with Gasteiger partial charge in [0.05, 0.1) is 11.6 Å². The molecule has 92 valence electrons. The summed E-state index contributed by atoms with van der Waals surface area (Å²) in [6, 6.07) is 6.47. The Labute approximate surface area is 103 Å². The van der Waals surface area contributed by atoms with Crippen LogP contribution in [0.2, 0.25) is 0 Å². The number of nitrogens with zero attached hydrogens (tertiary/aromatic N) is 1. The predicted molar refractivity (Wildman–Crippen MR) is 71.8 cm³/mol. The molecular formula is C14H20N2O. The number of rotatable bonds is 3. The number of benzene rings is 1. The number of nitrogens with one attached hydrogen (secondary N) is 1. The van der Waals surface area contributed by atoms with Gasteiger partial charge in [0.15, 0.2) is 0 Å². The maximum Gasteiger partial charge on any atom is 0.218 e. The molecule has 1 aliphatic heterocycles. The first-order valence-corrected chi connectivity index (χ1v) is 6.11. The quantitative estimate of drug-likeness (QED) is 0.869. The van der Waals surface area contributed by atoms with Crippen molar-refractivity contribution in [3.05, 3.63) is 29.3 Å². The molecule has 2 rings (SSSR count). The van der Waals surface area contributed by atoms with E-state index in [2.05, 4.69) is 43.2 Å². The van der Waals surface area contributed by atoms with E-state index in [0.717, 1.165) is 17.1 Å². The van der Waals surface area contributed by atoms with Crippen molar-refractivity contribution in [1.82, 2.24) is 0 Å². The van der Waals surface area contributed by atoms with Crippen LogP contribution < -0.4 is 5.32 Å². The summed E-state index contributed by atoms with van der Waals surface area (Å²) in [4.78, 5) is 4.66. The molecule has 0 radical (unpaired) electrons. The van der Waals surface area contributed by atoms with Crippen LogP contribution in [0, 0.1) is 12.8 Å². The molecule has 0 aliphatic carbocycles. The van der Waals surface area contributed by atoms with Crippen molar-refractivity contribution in [1.29, 1.82) is 0 Å². The Morgan fingerprint density at radius 3 is 2.76 bits per heavy atom. The fraction of sp³-hybridized carbons (Fsp3) is 0.500. The second-order valence-corrected chi connectivity index (χ2v) is 4.80. The fourth-order valence-electron chi connectivity index (χ4n) is 2.06. The maximum absolute atomic E-state index is 5.72. The lowest BCUT2D eigenvalue weighted by Crippen LogP contribution is -2.13. The molecule has 0 saturated heterocycles. The smallest absolute Gasteiger partial charge is 0.218 e. The minimum Gasteiger partial charge on any atom is -0.475 e. The van der Waals surface area contributed by atoms with E-state index in [9.17, 15) is 0 Å². The Kier molecular flexibility index (Phi) is 3.36. The van der Waals surface area contributed by atoms with Crippen LogP contribution in [0.1, 0.15) is 25.0 Å². The molecule has 1 heterocycles. The van der Waals surface area contributed by atoms with Crippen LogP contribution in [-0.2, 0) is 4.74 Å². The highest BCUT2D eigenvalue weighted by molar-refractivity contribution is 6.01. The van der Waals surface area contributed by atoms with Gasteiger partial charge in [-0.1, -0.05) is 26.0 Å². The molecule has 0 amide bonds. The molecule has 17 heavy (non-hydrogen) atoms. The minimum atomic E-state index is 0.287. The predicted octanol–water partition coefficient (Wildman–Crippen LogP) is 2.84. The van der Waals surface area contributed by atoms with E-state index in [1.54, 1.807) is 0 Å². The van der Waals surface area contributed by atoms with Gasteiger partial charge >= 0.3 is 0 Å². The number of anilines is 1. The standard InChI is InChI=1S/C14H20N2O/c1-9(2)12-8-17-14(16-12)11-7-5-6-10(3)13(11)15-4/h5-7,9,12,15H,8H2,1-4H3. The largest absolute Gasteiger partial charge is 0.475 e. The van der Waals surface area contributed by atoms with E-state index in [-0.39, 0.29) is 6.04 Å². The zero-order chi connectivity index (χ0) is 12.4. The molecule has 0 spiro atoms. The second-order valence-electron chi connectivity index (χ2n) is 4.80. The van der Waals surface area contributed by atoms with Gasteiger partial charge < -0.3 is 10.1 Å². The first kappa shape index (κ1) is 12.0. The van der Waals surface area contributed by atoms with Crippen LogP contribution in [0.5, 0.6) is 0 Å². The average molecular weight is 232 g/mol. The maximum atomic E-state index is 5.72. The van der Waals surface area contributed by atoms with Crippen LogP contribution in [0.4, 0.5) is 5.69 Å². The number of ether oxygens (including phenoxy) is 1. The highest BCUT2D eigenvalue weighted by Crippen LogP contribution is 2.25. The third-order valence-electron chi connectivity index (χ3n) is 3.20. The number of aryl methyl sites for hydroxylation is 1. The molecule has 0 bridgehead atoms. The van der Waals surface area contributed by atoms with Crippen LogP contribution in [0.3, 0.4) is 0 Å². The van der Waals surface area contributed by atoms with E-state index in [1.807, 2.05) is 13.1 Å². The Hall–Kier alpha value is -1.51. The summed E-state index contributed by atoms with van der Waals surface area (Å²) < 4.78 is 5.72. The lowest BCUT2D eigenvalue weighted by atomic mass is 10.1. The summed E-state index contributed by atoms with van der Waals surface area (Å²) in [7, 11) is 1.93. The fourth-order valence-corrected chi connectivity index (χ4v) is 2.06. The lowest BCUT2D eigenvalue weighted by molar-refractivity contribution is 0.292. The summed E-state index contributed by atoms with van der Waals surface area (Å²) in [5.74, 6) is 1.30. The van der Waals surface area contributed by atoms with Gasteiger partial charge in [0.2, 0.25) is 5.90 Å². The molecule has 0 fully saturated rings. The zero-order valence-corrected chi connectivity index (χ0v) is 10.9. The topological polar surface area (TPSA) is 33.6 Å². The zero-order valence-electron chi connectivity index (χ0n) is 10.9. The molecule has 1 aromatic rings. The van der Waals surface area contributed by atoms with Crippen LogP contribution in [0.25, 0.3) is 0 Å². The van der Waals surface area contributed by atoms with Gasteiger partial charge in [-0.05, 0) is 24.5 Å². The number of hydrogen-bond acceptors (Lipinski definition) is 3. The summed E-state index contributed by atoms with van der Waals surface area (Å²) in [6.07, 6.45) is 0. The molecule has 3 nitrogen and oxygen atoms in total. The van der Waals surface area contributed by atoms with Gasteiger partial charge in [-0.3, -0.25) is 0 Å². The Bertz CT molecular complexity index is 438. The molecule has 1 aromatic carbocycles. The lowest BCUT2D eigenvalue weighted by Gasteiger charge is -2.11. The van der Waals surface area contributed by atoms with Crippen LogP contribution in [-0.4, -0.2) is 25.6 Å². The number of aliphatic imine (C=N–C) groups is 1. The van der Waals surface area contributed by atoms with Gasteiger partial charge in [-0.2, -0.15) is 0 Å². The summed E-state index contributed by atoms with van der Waals surface area (Å²) >= 11 is 0. The Balaban J connectivity index is 2.36. The van der Waals surface area contributed by atoms with Gasteiger partial charge in [-0.15, -0.1) is 0 Å². The minimum absolute atomic E-state index is 0.287. The Morgan fingerprint density at radius 1 is 1.41 bits per heavy atom. The first-order valence-electron chi connectivity index (χ1n) is 6.11. The first-order chi connectivity index (χ1) is 8.13. The average Bonchev–Trinajstić information content (AvgIpc) is 2.77. The highest BCUT2D eigenvalue weighted by atomic mass is 16.5. The van der Waals surface area contributed by atoms with Gasteiger partial charge in [-0.25, -0.2) is 4.99 Å². The Morgan fingerprint density at radius 2 is 2.18 bits per heavy atom. The molecule has 1 unspecified atom stereocenters. The SMILES string of the molecule is CNc1c(C)cccc1C1=NC(C(C)C)CO1. The van der Waals surface area contributed by atoms with Crippen LogP contribution in [0.15, 0.2) is 23.2 Å².